The lowest BCUT2D eigenvalue weighted by atomic mass is 9.85. The Morgan fingerprint density at radius 2 is 1.92 bits per heavy atom. The Hall–Kier alpha value is -2.17. The minimum atomic E-state index is -0.298. The topological polar surface area (TPSA) is 51.0 Å². The minimum Gasteiger partial charge on any atom is -0.337 e. The van der Waals surface area contributed by atoms with Crippen molar-refractivity contribution < 1.29 is 4.79 Å². The van der Waals surface area contributed by atoms with Crippen LogP contribution in [0, 0.1) is 5.41 Å². The highest BCUT2D eigenvalue weighted by Crippen LogP contribution is 2.40. The van der Waals surface area contributed by atoms with Crippen LogP contribution in [-0.2, 0) is 24.2 Å². The molecule has 2 fully saturated rings. The van der Waals surface area contributed by atoms with E-state index in [1.807, 2.05) is 4.68 Å². The van der Waals surface area contributed by atoms with Crippen LogP contribution in [-0.4, -0.2) is 38.4 Å². The third-order valence-corrected chi connectivity index (χ3v) is 6.38. The molecule has 136 valence electrons. The number of rotatable bonds is 4. The Morgan fingerprint density at radius 3 is 2.62 bits per heavy atom. The molecule has 2 heterocycles. The summed E-state index contributed by atoms with van der Waals surface area (Å²) in [5.74, 6) is 0.944. The largest absolute Gasteiger partial charge is 0.337 e. The Labute approximate surface area is 154 Å². The Balaban J connectivity index is 1.31. The summed E-state index contributed by atoms with van der Waals surface area (Å²) in [6, 6.07) is 8.75. The molecule has 0 radical (unpaired) electrons. The van der Waals surface area contributed by atoms with Crippen molar-refractivity contribution in [1.82, 2.24) is 19.9 Å². The Bertz CT molecular complexity index is 813. The fraction of sp³-hybridized carbons (Fsp3) is 0.571. The molecule has 1 saturated heterocycles. The molecule has 5 rings (SSSR count). The lowest BCUT2D eigenvalue weighted by Gasteiger charge is -2.33. The molecular formula is C21H26N4O. The molecule has 1 aromatic carbocycles. The van der Waals surface area contributed by atoms with Gasteiger partial charge in [0.2, 0.25) is 5.91 Å². The summed E-state index contributed by atoms with van der Waals surface area (Å²) in [6.07, 6.45) is 8.45. The summed E-state index contributed by atoms with van der Waals surface area (Å²) < 4.78 is 1.95. The molecule has 26 heavy (non-hydrogen) atoms. The van der Waals surface area contributed by atoms with Crippen LogP contribution in [0.1, 0.15) is 55.3 Å². The number of likely N-dealkylation sites (tertiary alicyclic amines) is 1. The van der Waals surface area contributed by atoms with E-state index in [1.54, 1.807) is 0 Å². The van der Waals surface area contributed by atoms with Crippen LogP contribution in [0.25, 0.3) is 0 Å². The van der Waals surface area contributed by atoms with Crippen molar-refractivity contribution in [3.63, 3.8) is 0 Å². The van der Waals surface area contributed by atoms with Crippen LogP contribution in [0.2, 0.25) is 0 Å². The molecule has 1 atom stereocenters. The van der Waals surface area contributed by atoms with Gasteiger partial charge in [-0.2, -0.15) is 0 Å². The van der Waals surface area contributed by atoms with Gasteiger partial charge in [-0.25, -0.2) is 0 Å². The van der Waals surface area contributed by atoms with Crippen LogP contribution in [0.5, 0.6) is 0 Å². The van der Waals surface area contributed by atoms with Gasteiger partial charge in [0.25, 0.3) is 0 Å². The summed E-state index contributed by atoms with van der Waals surface area (Å²) in [7, 11) is 0. The van der Waals surface area contributed by atoms with Gasteiger partial charge in [-0.15, -0.1) is 5.10 Å². The van der Waals surface area contributed by atoms with E-state index < -0.39 is 0 Å². The first-order valence-corrected chi connectivity index (χ1v) is 9.90. The normalized spacial score (nSPS) is 24.0. The van der Waals surface area contributed by atoms with Gasteiger partial charge >= 0.3 is 0 Å². The molecule has 1 aliphatic heterocycles. The quantitative estimate of drug-likeness (QED) is 0.852. The van der Waals surface area contributed by atoms with E-state index in [9.17, 15) is 4.79 Å². The van der Waals surface area contributed by atoms with Gasteiger partial charge in [-0.05, 0) is 49.7 Å². The number of hydrogen-bond donors (Lipinski definition) is 0. The van der Waals surface area contributed by atoms with Gasteiger partial charge < -0.3 is 4.90 Å². The van der Waals surface area contributed by atoms with Gasteiger partial charge in [0, 0.05) is 18.7 Å². The van der Waals surface area contributed by atoms with Crippen molar-refractivity contribution in [2.24, 2.45) is 5.41 Å². The first-order valence-electron chi connectivity index (χ1n) is 9.90. The summed E-state index contributed by atoms with van der Waals surface area (Å²) in [4.78, 5) is 15.6. The zero-order chi connectivity index (χ0) is 17.7. The van der Waals surface area contributed by atoms with E-state index in [4.69, 9.17) is 0 Å². The zero-order valence-corrected chi connectivity index (χ0v) is 15.4. The third-order valence-electron chi connectivity index (χ3n) is 6.38. The van der Waals surface area contributed by atoms with Crippen LogP contribution >= 0.6 is 0 Å². The summed E-state index contributed by atoms with van der Waals surface area (Å²) in [5.41, 5.74) is 3.50. The molecule has 5 nitrogen and oxygen atoms in total. The Kier molecular flexibility index (Phi) is 3.66. The van der Waals surface area contributed by atoms with Crippen LogP contribution in [0.15, 0.2) is 30.5 Å². The van der Waals surface area contributed by atoms with E-state index in [1.165, 1.54) is 24.0 Å². The average molecular weight is 350 g/mol. The van der Waals surface area contributed by atoms with Crippen LogP contribution in [0.3, 0.4) is 0 Å². The maximum Gasteiger partial charge on any atom is 0.229 e. The van der Waals surface area contributed by atoms with Crippen molar-refractivity contribution in [2.75, 3.05) is 6.54 Å². The first kappa shape index (κ1) is 16.0. The fourth-order valence-corrected chi connectivity index (χ4v) is 4.78. The lowest BCUT2D eigenvalue weighted by Crippen LogP contribution is -2.46. The maximum absolute atomic E-state index is 13.4. The van der Waals surface area contributed by atoms with Crippen LogP contribution in [0.4, 0.5) is 0 Å². The summed E-state index contributed by atoms with van der Waals surface area (Å²) in [5, 5.41) is 8.63. The predicted octanol–water partition coefficient (Wildman–Crippen LogP) is 2.95. The monoisotopic (exact) mass is 350 g/mol. The van der Waals surface area contributed by atoms with E-state index in [0.29, 0.717) is 11.8 Å². The highest BCUT2D eigenvalue weighted by atomic mass is 16.2. The second-order valence-corrected chi connectivity index (χ2v) is 8.62. The molecule has 2 aromatic rings. The van der Waals surface area contributed by atoms with Gasteiger partial charge in [0.1, 0.15) is 0 Å². The molecule has 0 bridgehead atoms. The number of carbonyl (C=O) groups excluding carboxylic acids is 1. The third kappa shape index (κ3) is 2.74. The maximum atomic E-state index is 13.4. The smallest absolute Gasteiger partial charge is 0.229 e. The average Bonchev–Trinajstić information content (AvgIpc) is 3.05. The summed E-state index contributed by atoms with van der Waals surface area (Å²) >= 11 is 0. The SMILES string of the molecule is CC1(C(=O)N2CCC[C@@H]2Cn2cc(C3CC3)nn2)Cc2ccccc2C1. The molecule has 3 aliphatic rings. The number of hydrogen-bond acceptors (Lipinski definition) is 3. The number of nitrogens with zero attached hydrogens (tertiary/aromatic N) is 4. The minimum absolute atomic E-state index is 0.247. The second-order valence-electron chi connectivity index (χ2n) is 8.62. The molecule has 0 unspecified atom stereocenters. The number of carbonyl (C=O) groups is 1. The number of aromatic nitrogens is 3. The molecule has 0 spiro atoms. The number of benzene rings is 1. The van der Waals surface area contributed by atoms with Crippen molar-refractivity contribution >= 4 is 5.91 Å². The van der Waals surface area contributed by atoms with E-state index in [-0.39, 0.29) is 11.5 Å². The molecule has 1 aromatic heterocycles. The van der Waals surface area contributed by atoms with Crippen molar-refractivity contribution in [3.8, 4) is 0 Å². The molecule has 1 amide bonds. The zero-order valence-electron chi connectivity index (χ0n) is 15.4. The highest BCUT2D eigenvalue weighted by molar-refractivity contribution is 5.84. The van der Waals surface area contributed by atoms with Gasteiger partial charge in [0.15, 0.2) is 0 Å². The van der Waals surface area contributed by atoms with Gasteiger partial charge in [-0.1, -0.05) is 36.4 Å². The van der Waals surface area contributed by atoms with Gasteiger partial charge in [0.05, 0.1) is 23.7 Å². The van der Waals surface area contributed by atoms with E-state index in [2.05, 4.69) is 52.6 Å². The van der Waals surface area contributed by atoms with Gasteiger partial charge in [-0.3, -0.25) is 9.48 Å². The number of fused-ring (bicyclic) bond motifs is 1. The Morgan fingerprint density at radius 1 is 1.19 bits per heavy atom. The lowest BCUT2D eigenvalue weighted by molar-refractivity contribution is -0.142. The number of amides is 1. The standard InChI is InChI=1S/C21H26N4O/c1-21(11-16-5-2-3-6-17(16)12-21)20(26)25-10-4-7-18(25)13-24-14-19(22-23-24)15-8-9-15/h2-3,5-6,14-15,18H,4,7-13H2,1H3/t18-/m1/s1. The molecular weight excluding hydrogens is 324 g/mol. The fourth-order valence-electron chi connectivity index (χ4n) is 4.78. The highest BCUT2D eigenvalue weighted by Gasteiger charge is 2.44. The van der Waals surface area contributed by atoms with Crippen molar-refractivity contribution in [1.29, 1.82) is 0 Å². The summed E-state index contributed by atoms with van der Waals surface area (Å²) in [6.45, 7) is 3.79. The second kappa shape index (κ2) is 5.93. The molecule has 2 aliphatic carbocycles. The molecule has 0 N–H and O–H groups in total. The molecule has 1 saturated carbocycles. The predicted molar refractivity (Wildman–Crippen MR) is 98.7 cm³/mol. The molecule has 5 heteroatoms. The first-order chi connectivity index (χ1) is 12.6. The van der Waals surface area contributed by atoms with Crippen molar-refractivity contribution in [2.45, 2.75) is 64.0 Å². The van der Waals surface area contributed by atoms with E-state index >= 15 is 0 Å². The van der Waals surface area contributed by atoms with Crippen LogP contribution < -0.4 is 0 Å². The van der Waals surface area contributed by atoms with Crippen molar-refractivity contribution in [3.05, 3.63) is 47.3 Å². The van der Waals surface area contributed by atoms with E-state index in [0.717, 1.165) is 44.5 Å².